The fourth-order valence-corrected chi connectivity index (χ4v) is 8.33. The van der Waals surface area contributed by atoms with Crippen LogP contribution < -0.4 is 25.0 Å². The van der Waals surface area contributed by atoms with Crippen LogP contribution in [0.25, 0.3) is 5.57 Å². The predicted molar refractivity (Wildman–Crippen MR) is 196 cm³/mol. The van der Waals surface area contributed by atoms with Crippen molar-refractivity contribution in [2.75, 3.05) is 51.4 Å². The fourth-order valence-electron chi connectivity index (χ4n) is 7.68. The molecule has 3 fully saturated rings. The van der Waals surface area contributed by atoms with Gasteiger partial charge in [-0.15, -0.1) is 0 Å². The molecule has 0 aromatic heterocycles. The molecule has 8 nitrogen and oxygen atoms in total. The molecule has 260 valence electrons. The number of ether oxygens (including phenoxy) is 2. The van der Waals surface area contributed by atoms with Crippen LogP contribution in [0.5, 0.6) is 11.5 Å². The molecule has 4 aliphatic rings. The van der Waals surface area contributed by atoms with Crippen LogP contribution in [0.1, 0.15) is 47.9 Å². The summed E-state index contributed by atoms with van der Waals surface area (Å²) in [6.07, 6.45) is 4.42. The second-order valence-corrected chi connectivity index (χ2v) is 14.7. The quantitative estimate of drug-likeness (QED) is 0.212. The Balaban J connectivity index is 1.07. The predicted octanol–water partition coefficient (Wildman–Crippen LogP) is 6.03. The molecule has 7 rings (SSSR count). The lowest BCUT2D eigenvalue weighted by Gasteiger charge is -2.41. The van der Waals surface area contributed by atoms with Crippen molar-refractivity contribution in [1.29, 1.82) is 0 Å². The standard InChI is InChI=1S/C39H46Cl2N4O4/c1-24-28(4-3-5-36(24)48-2)22-45(31-10-11-31)39(47)37-32(18-29-19-42-20-35(37)43-29)27-6-8-30(9-7-27)44-14-12-26(21-44)23-49-38-33(40)16-25(13-15-46)17-34(38)41/h3-9,16-17,26,29,31,35,42-43,46H,10-15,18-23H2,1-2H3/t26-,29-,35-/m1/s1. The van der Waals surface area contributed by atoms with E-state index < -0.39 is 0 Å². The summed E-state index contributed by atoms with van der Waals surface area (Å²) in [6, 6.07) is 19.1. The molecule has 3 aromatic carbocycles. The number of hydrogen-bond donors (Lipinski definition) is 3. The minimum Gasteiger partial charge on any atom is -0.496 e. The van der Waals surface area contributed by atoms with Gasteiger partial charge in [-0.25, -0.2) is 0 Å². The summed E-state index contributed by atoms with van der Waals surface area (Å²) in [5, 5.41) is 17.5. The molecule has 1 saturated carbocycles. The molecule has 3 N–H and O–H groups in total. The van der Waals surface area contributed by atoms with Crippen molar-refractivity contribution in [1.82, 2.24) is 15.5 Å². The average molecular weight is 706 g/mol. The minimum absolute atomic E-state index is 0.0189. The number of fused-ring (bicyclic) bond motifs is 2. The highest BCUT2D eigenvalue weighted by atomic mass is 35.5. The second-order valence-electron chi connectivity index (χ2n) is 13.9. The van der Waals surface area contributed by atoms with Crippen molar-refractivity contribution in [2.45, 2.75) is 63.7 Å². The maximum Gasteiger partial charge on any atom is 0.252 e. The number of nitrogens with zero attached hydrogens (tertiary/aromatic N) is 2. The van der Waals surface area contributed by atoms with Gasteiger partial charge in [0.15, 0.2) is 5.75 Å². The summed E-state index contributed by atoms with van der Waals surface area (Å²) < 4.78 is 11.7. The zero-order chi connectivity index (χ0) is 34.1. The summed E-state index contributed by atoms with van der Waals surface area (Å²) in [5.41, 5.74) is 7.49. The van der Waals surface area contributed by atoms with Gasteiger partial charge < -0.3 is 35.0 Å². The minimum atomic E-state index is -0.0189. The van der Waals surface area contributed by atoms with E-state index >= 15 is 0 Å². The maximum atomic E-state index is 14.6. The highest BCUT2D eigenvalue weighted by molar-refractivity contribution is 6.37. The number of aliphatic hydroxyl groups excluding tert-OH is 1. The van der Waals surface area contributed by atoms with E-state index in [0.29, 0.717) is 47.3 Å². The molecule has 3 atom stereocenters. The van der Waals surface area contributed by atoms with Crippen molar-refractivity contribution in [2.24, 2.45) is 5.92 Å². The first-order valence-corrected chi connectivity index (χ1v) is 18.3. The third kappa shape index (κ3) is 7.45. The monoisotopic (exact) mass is 704 g/mol. The third-order valence-electron chi connectivity index (χ3n) is 10.5. The van der Waals surface area contributed by atoms with Crippen LogP contribution in [0.2, 0.25) is 10.0 Å². The Hall–Kier alpha value is -3.27. The molecule has 3 aromatic rings. The molecule has 10 heteroatoms. The van der Waals surface area contributed by atoms with Gasteiger partial charge in [0.1, 0.15) is 5.75 Å². The maximum absolute atomic E-state index is 14.6. The number of amides is 1. The molecule has 0 unspecified atom stereocenters. The molecule has 2 saturated heterocycles. The molecule has 0 spiro atoms. The van der Waals surface area contributed by atoms with E-state index in [1.807, 2.05) is 24.3 Å². The number of aliphatic hydroxyl groups is 1. The fraction of sp³-hybridized carbons (Fsp3) is 0.462. The molecule has 1 amide bonds. The summed E-state index contributed by atoms with van der Waals surface area (Å²) in [7, 11) is 1.70. The van der Waals surface area contributed by atoms with Crippen LogP contribution in [0, 0.1) is 12.8 Å². The normalized spacial score (nSPS) is 22.0. The zero-order valence-electron chi connectivity index (χ0n) is 28.3. The lowest BCUT2D eigenvalue weighted by Crippen LogP contribution is -2.60. The van der Waals surface area contributed by atoms with Crippen molar-refractivity contribution < 1.29 is 19.4 Å². The van der Waals surface area contributed by atoms with Crippen molar-refractivity contribution in [3.63, 3.8) is 0 Å². The molecule has 3 heterocycles. The highest BCUT2D eigenvalue weighted by Gasteiger charge is 2.41. The number of rotatable bonds is 12. The highest BCUT2D eigenvalue weighted by Crippen LogP contribution is 2.39. The Morgan fingerprint density at radius 2 is 1.84 bits per heavy atom. The molecule has 2 bridgehead atoms. The van der Waals surface area contributed by atoms with Gasteiger partial charge in [0, 0.05) is 68.6 Å². The van der Waals surface area contributed by atoms with Crippen LogP contribution in [-0.4, -0.2) is 80.5 Å². The SMILES string of the molecule is COc1cccc(CN(C(=O)C2=C(c3ccc(N4CC[C@@H](COc5c(Cl)cc(CCO)cc5Cl)C4)cc3)C[C@@H]3CNC[C@H]2N3)C2CC2)c1C. The Morgan fingerprint density at radius 3 is 2.55 bits per heavy atom. The largest absolute Gasteiger partial charge is 0.496 e. The van der Waals surface area contributed by atoms with Gasteiger partial charge in [-0.05, 0) is 97.2 Å². The first kappa shape index (κ1) is 34.2. The number of methoxy groups -OCH3 is 1. The van der Waals surface area contributed by atoms with E-state index in [-0.39, 0.29) is 24.6 Å². The second kappa shape index (κ2) is 14.9. The lowest BCUT2D eigenvalue weighted by molar-refractivity contribution is -0.128. The number of carbonyl (C=O) groups excluding carboxylic acids is 1. The van der Waals surface area contributed by atoms with E-state index in [1.165, 1.54) is 11.3 Å². The van der Waals surface area contributed by atoms with Crippen LogP contribution in [-0.2, 0) is 17.8 Å². The van der Waals surface area contributed by atoms with Gasteiger partial charge in [-0.1, -0.05) is 47.5 Å². The number of nitrogens with one attached hydrogen (secondary N) is 2. The van der Waals surface area contributed by atoms with Crippen LogP contribution >= 0.6 is 23.2 Å². The Kier molecular flexibility index (Phi) is 10.4. The first-order chi connectivity index (χ1) is 23.8. The molecule has 3 aliphatic heterocycles. The molecular weight excluding hydrogens is 659 g/mol. The van der Waals surface area contributed by atoms with E-state index in [1.54, 1.807) is 7.11 Å². The summed E-state index contributed by atoms with van der Waals surface area (Å²) in [4.78, 5) is 19.1. The van der Waals surface area contributed by atoms with E-state index in [2.05, 4.69) is 57.7 Å². The van der Waals surface area contributed by atoms with Crippen LogP contribution in [0.3, 0.4) is 0 Å². The number of halogens is 2. The van der Waals surface area contributed by atoms with E-state index in [4.69, 9.17) is 32.7 Å². The Morgan fingerprint density at radius 1 is 1.06 bits per heavy atom. The number of hydrogen-bond acceptors (Lipinski definition) is 7. The van der Waals surface area contributed by atoms with Crippen LogP contribution in [0.15, 0.2) is 60.2 Å². The summed E-state index contributed by atoms with van der Waals surface area (Å²) in [6.45, 7) is 6.70. The van der Waals surface area contributed by atoms with Crippen molar-refractivity contribution in [3.05, 3.63) is 92.5 Å². The zero-order valence-corrected chi connectivity index (χ0v) is 29.8. The summed E-state index contributed by atoms with van der Waals surface area (Å²) >= 11 is 12.9. The number of benzene rings is 3. The van der Waals surface area contributed by atoms with Gasteiger partial charge in [-0.3, -0.25) is 4.79 Å². The topological polar surface area (TPSA) is 86.3 Å². The lowest BCUT2D eigenvalue weighted by atomic mass is 9.83. The smallest absolute Gasteiger partial charge is 0.252 e. The average Bonchev–Trinajstić information content (AvgIpc) is 3.83. The van der Waals surface area contributed by atoms with Gasteiger partial charge in [0.25, 0.3) is 5.91 Å². The first-order valence-electron chi connectivity index (χ1n) is 17.5. The van der Waals surface area contributed by atoms with Gasteiger partial charge >= 0.3 is 0 Å². The van der Waals surface area contributed by atoms with Gasteiger partial charge in [-0.2, -0.15) is 0 Å². The summed E-state index contributed by atoms with van der Waals surface area (Å²) in [5.74, 6) is 1.85. The van der Waals surface area contributed by atoms with E-state index in [0.717, 1.165) is 85.4 Å². The van der Waals surface area contributed by atoms with Crippen LogP contribution in [0.4, 0.5) is 5.69 Å². The number of carbonyl (C=O) groups is 1. The van der Waals surface area contributed by atoms with E-state index in [9.17, 15) is 9.90 Å². The number of anilines is 1. The van der Waals surface area contributed by atoms with Gasteiger partial charge in [0.05, 0.1) is 29.8 Å². The third-order valence-corrected chi connectivity index (χ3v) is 11.1. The molecule has 0 radical (unpaired) electrons. The number of piperazine rings is 1. The Bertz CT molecular complexity index is 1690. The Labute approximate surface area is 299 Å². The molecule has 49 heavy (non-hydrogen) atoms. The van der Waals surface area contributed by atoms with Crippen molar-refractivity contribution >= 4 is 40.4 Å². The van der Waals surface area contributed by atoms with Gasteiger partial charge in [0.2, 0.25) is 0 Å². The molecular formula is C39H46Cl2N4O4. The molecule has 1 aliphatic carbocycles. The van der Waals surface area contributed by atoms with Crippen molar-refractivity contribution in [3.8, 4) is 11.5 Å².